The largest absolute Gasteiger partial charge is 0.480 e. The minimum Gasteiger partial charge on any atom is -0.480 e. The molecule has 0 heterocycles. The Bertz CT molecular complexity index is 974. The molecule has 0 aromatic rings. The molecule has 0 aliphatic rings. The highest BCUT2D eigenvalue weighted by Gasteiger charge is 2.28. The molecule has 0 fully saturated rings. The minimum atomic E-state index is -4.71. The van der Waals surface area contributed by atoms with E-state index in [-0.39, 0.29) is 19.4 Å². The van der Waals surface area contributed by atoms with Gasteiger partial charge in [-0.1, -0.05) is 147 Å². The molecule has 3 atom stereocenters. The van der Waals surface area contributed by atoms with Crippen LogP contribution in [0.25, 0.3) is 0 Å². The van der Waals surface area contributed by atoms with Crippen molar-refractivity contribution in [1.29, 1.82) is 0 Å². The first-order valence-corrected chi connectivity index (χ1v) is 21.4. The number of allylic oxidation sites excluding steroid dienone is 4. The normalized spacial score (nSPS) is 14.1. The number of carbonyl (C=O) groups excluding carboxylic acids is 2. The van der Waals surface area contributed by atoms with Crippen molar-refractivity contribution < 1.29 is 47.5 Å². The number of nitrogens with two attached hydrogens (primary N) is 1. The fraction of sp³-hybridized carbons (Fsp3) is 0.821. The molecule has 3 unspecified atom stereocenters. The zero-order valence-electron chi connectivity index (χ0n) is 31.9. The maximum atomic E-state index is 12.6. The highest BCUT2D eigenvalue weighted by molar-refractivity contribution is 7.47. The number of hydrogen-bond donors (Lipinski definition) is 3. The average Bonchev–Trinajstić information content (AvgIpc) is 3.10. The second-order valence-corrected chi connectivity index (χ2v) is 14.9. The molecule has 0 aromatic carbocycles. The predicted molar refractivity (Wildman–Crippen MR) is 203 cm³/mol. The van der Waals surface area contributed by atoms with E-state index < -0.39 is 51.1 Å². The van der Waals surface area contributed by atoms with Crippen LogP contribution < -0.4 is 5.73 Å². The Balaban J connectivity index is 4.42. The Morgan fingerprint density at radius 2 is 1.08 bits per heavy atom. The summed E-state index contributed by atoms with van der Waals surface area (Å²) in [4.78, 5) is 45.8. The second-order valence-electron chi connectivity index (χ2n) is 13.4. The van der Waals surface area contributed by atoms with Crippen molar-refractivity contribution in [2.45, 2.75) is 187 Å². The SMILES string of the molecule is CCC/C=C\C/C=C\CCCCCCCC(=O)OC(COC(=O)CCCCCCCCCCCCCCCC)COP(=O)(O)OCC(N)C(=O)O. The van der Waals surface area contributed by atoms with Gasteiger partial charge in [-0.15, -0.1) is 0 Å². The van der Waals surface area contributed by atoms with E-state index >= 15 is 0 Å². The molecule has 0 aromatic heterocycles. The number of phosphoric acid groups is 1. The van der Waals surface area contributed by atoms with E-state index in [4.69, 9.17) is 24.8 Å². The molecule has 0 rings (SSSR count). The lowest BCUT2D eigenvalue weighted by atomic mass is 10.0. The van der Waals surface area contributed by atoms with Gasteiger partial charge in [0.1, 0.15) is 12.6 Å². The molecule has 4 N–H and O–H groups in total. The Kier molecular flexibility index (Phi) is 33.6. The van der Waals surface area contributed by atoms with E-state index in [1.165, 1.54) is 64.2 Å². The van der Waals surface area contributed by atoms with Crippen LogP contribution in [-0.4, -0.2) is 59.9 Å². The molecular weight excluding hydrogens is 673 g/mol. The Labute approximate surface area is 309 Å². The van der Waals surface area contributed by atoms with E-state index in [0.717, 1.165) is 70.6 Å². The van der Waals surface area contributed by atoms with Gasteiger partial charge < -0.3 is 25.2 Å². The fourth-order valence-electron chi connectivity index (χ4n) is 5.28. The number of unbranched alkanes of at least 4 members (excludes halogenated alkanes) is 19. The molecule has 12 heteroatoms. The lowest BCUT2D eigenvalue weighted by Crippen LogP contribution is -2.34. The smallest absolute Gasteiger partial charge is 0.472 e. The first-order valence-electron chi connectivity index (χ1n) is 19.9. The third kappa shape index (κ3) is 34.8. The van der Waals surface area contributed by atoms with E-state index in [1.54, 1.807) is 0 Å². The van der Waals surface area contributed by atoms with Crippen LogP contribution >= 0.6 is 7.82 Å². The van der Waals surface area contributed by atoms with Crippen LogP contribution in [0.3, 0.4) is 0 Å². The zero-order valence-corrected chi connectivity index (χ0v) is 32.8. The molecule has 0 spiro atoms. The average molecular weight is 746 g/mol. The molecule has 0 radical (unpaired) electrons. The summed E-state index contributed by atoms with van der Waals surface area (Å²) in [5.41, 5.74) is 5.32. The first kappa shape index (κ1) is 49.0. The molecule has 51 heavy (non-hydrogen) atoms. The van der Waals surface area contributed by atoms with Gasteiger partial charge in [-0.3, -0.25) is 23.4 Å². The Hall–Kier alpha value is -2.04. The maximum absolute atomic E-state index is 12.6. The van der Waals surface area contributed by atoms with Crippen molar-refractivity contribution >= 4 is 25.7 Å². The topological polar surface area (TPSA) is 172 Å². The van der Waals surface area contributed by atoms with Gasteiger partial charge >= 0.3 is 25.7 Å². The molecule has 0 saturated heterocycles. The molecule has 0 amide bonds. The van der Waals surface area contributed by atoms with Crippen molar-refractivity contribution in [3.8, 4) is 0 Å². The van der Waals surface area contributed by atoms with E-state index in [2.05, 4.69) is 42.7 Å². The molecule has 0 saturated carbocycles. The number of esters is 2. The predicted octanol–water partition coefficient (Wildman–Crippen LogP) is 9.89. The summed E-state index contributed by atoms with van der Waals surface area (Å²) >= 11 is 0. The number of carbonyl (C=O) groups is 3. The molecular formula is C39H72NO10P. The Morgan fingerprint density at radius 1 is 0.608 bits per heavy atom. The van der Waals surface area contributed by atoms with E-state index in [9.17, 15) is 23.8 Å². The third-order valence-electron chi connectivity index (χ3n) is 8.43. The monoisotopic (exact) mass is 745 g/mol. The molecule has 0 aliphatic carbocycles. The number of phosphoric ester groups is 1. The number of carboxylic acids is 1. The Morgan fingerprint density at radius 3 is 1.61 bits per heavy atom. The maximum Gasteiger partial charge on any atom is 0.472 e. The summed E-state index contributed by atoms with van der Waals surface area (Å²) in [7, 11) is -4.71. The van der Waals surface area contributed by atoms with Crippen LogP contribution in [0.15, 0.2) is 24.3 Å². The molecule has 11 nitrogen and oxygen atoms in total. The van der Waals surface area contributed by atoms with Crippen LogP contribution in [-0.2, 0) is 37.5 Å². The number of rotatable bonds is 37. The first-order chi connectivity index (χ1) is 24.6. The molecule has 298 valence electrons. The van der Waals surface area contributed by atoms with Crippen LogP contribution in [0.4, 0.5) is 0 Å². The zero-order chi connectivity index (χ0) is 37.8. The van der Waals surface area contributed by atoms with Crippen LogP contribution in [0.2, 0.25) is 0 Å². The van der Waals surface area contributed by atoms with Gasteiger partial charge in [0, 0.05) is 12.8 Å². The van der Waals surface area contributed by atoms with Gasteiger partial charge in [0.2, 0.25) is 0 Å². The summed E-state index contributed by atoms with van der Waals surface area (Å²) in [6.45, 7) is 2.71. The highest BCUT2D eigenvalue weighted by Crippen LogP contribution is 2.43. The van der Waals surface area contributed by atoms with Crippen LogP contribution in [0.1, 0.15) is 174 Å². The summed E-state index contributed by atoms with van der Waals surface area (Å²) in [5, 5.41) is 8.86. The van der Waals surface area contributed by atoms with Crippen LogP contribution in [0, 0.1) is 0 Å². The van der Waals surface area contributed by atoms with Gasteiger partial charge in [-0.2, -0.15) is 0 Å². The highest BCUT2D eigenvalue weighted by atomic mass is 31.2. The van der Waals surface area contributed by atoms with Crippen molar-refractivity contribution in [3.05, 3.63) is 24.3 Å². The number of ether oxygens (including phenoxy) is 2. The standard InChI is InChI=1S/C39H72NO10P/c1-3-5-7-9-11-13-15-17-19-20-22-24-26-28-30-37(41)47-32-35(33-48-51(45,46)49-34-36(40)39(43)44)50-38(42)31-29-27-25-23-21-18-16-14-12-10-8-6-4-2/h8,10,14,16,35-36H,3-7,9,11-13,15,17-34,40H2,1-2H3,(H,43,44)(H,45,46)/b10-8-,16-14-. The summed E-state index contributed by atoms with van der Waals surface area (Å²) in [5.74, 6) is -2.39. The van der Waals surface area contributed by atoms with Crippen molar-refractivity contribution in [3.63, 3.8) is 0 Å². The molecule has 0 aliphatic heterocycles. The van der Waals surface area contributed by atoms with Gasteiger partial charge in [0.25, 0.3) is 0 Å². The second kappa shape index (κ2) is 35.0. The van der Waals surface area contributed by atoms with Crippen molar-refractivity contribution in [2.24, 2.45) is 5.73 Å². The van der Waals surface area contributed by atoms with Crippen molar-refractivity contribution in [2.75, 3.05) is 19.8 Å². The van der Waals surface area contributed by atoms with Gasteiger partial charge in [0.05, 0.1) is 13.2 Å². The van der Waals surface area contributed by atoms with Crippen LogP contribution in [0.5, 0.6) is 0 Å². The minimum absolute atomic E-state index is 0.147. The quantitative estimate of drug-likeness (QED) is 0.0239. The molecule has 0 bridgehead atoms. The summed E-state index contributed by atoms with van der Waals surface area (Å²) in [6, 6.07) is -1.52. The van der Waals surface area contributed by atoms with Gasteiger partial charge in [-0.05, 0) is 38.5 Å². The van der Waals surface area contributed by atoms with Crippen molar-refractivity contribution in [1.82, 2.24) is 0 Å². The lowest BCUT2D eigenvalue weighted by molar-refractivity contribution is -0.161. The summed E-state index contributed by atoms with van der Waals surface area (Å²) < 4.78 is 32.6. The van der Waals surface area contributed by atoms with Gasteiger partial charge in [-0.25, -0.2) is 4.57 Å². The summed E-state index contributed by atoms with van der Waals surface area (Å²) in [6.07, 6.45) is 33.9. The van der Waals surface area contributed by atoms with E-state index in [0.29, 0.717) is 12.8 Å². The third-order valence-corrected chi connectivity index (χ3v) is 9.38. The number of aliphatic carboxylic acids is 1. The number of carboxylic acid groups (broad SMARTS) is 1. The van der Waals surface area contributed by atoms with E-state index in [1.807, 2.05) is 0 Å². The lowest BCUT2D eigenvalue weighted by Gasteiger charge is -2.20. The fourth-order valence-corrected chi connectivity index (χ4v) is 6.06. The van der Waals surface area contributed by atoms with Gasteiger partial charge in [0.15, 0.2) is 6.10 Å². The number of hydrogen-bond acceptors (Lipinski definition) is 9.